The standard InChI is InChI=1S/C17H16N4O4/c22-17(13-9-15(25-20-13)14-4-2-8-23-14)21-7-1-3-12(11-21)24-16-10-18-5-6-19-16/h2,4-6,8-10,12H,1,3,7,11H2. The van der Waals surface area contributed by atoms with E-state index in [0.29, 0.717) is 30.5 Å². The predicted molar refractivity (Wildman–Crippen MR) is 85.8 cm³/mol. The zero-order chi connectivity index (χ0) is 17.1. The van der Waals surface area contributed by atoms with Gasteiger partial charge in [-0.3, -0.25) is 9.78 Å². The number of amides is 1. The normalized spacial score (nSPS) is 17.4. The van der Waals surface area contributed by atoms with Crippen molar-refractivity contribution in [1.82, 2.24) is 20.0 Å². The Morgan fingerprint density at radius 3 is 3.08 bits per heavy atom. The monoisotopic (exact) mass is 340 g/mol. The summed E-state index contributed by atoms with van der Waals surface area (Å²) in [7, 11) is 0. The van der Waals surface area contributed by atoms with E-state index >= 15 is 0 Å². The number of furan rings is 1. The maximum absolute atomic E-state index is 12.7. The third kappa shape index (κ3) is 3.37. The van der Waals surface area contributed by atoms with E-state index in [4.69, 9.17) is 13.7 Å². The zero-order valence-electron chi connectivity index (χ0n) is 13.4. The predicted octanol–water partition coefficient (Wildman–Crippen LogP) is 2.41. The molecule has 1 aliphatic heterocycles. The van der Waals surface area contributed by atoms with Gasteiger partial charge in [0.05, 0.1) is 19.0 Å². The third-order valence-electron chi connectivity index (χ3n) is 3.99. The fourth-order valence-electron chi connectivity index (χ4n) is 2.81. The summed E-state index contributed by atoms with van der Waals surface area (Å²) in [6.45, 7) is 1.13. The summed E-state index contributed by atoms with van der Waals surface area (Å²) < 4.78 is 16.3. The molecule has 0 spiro atoms. The molecule has 0 radical (unpaired) electrons. The van der Waals surface area contributed by atoms with Gasteiger partial charge in [0.15, 0.2) is 11.5 Å². The Labute approximate surface area is 143 Å². The highest BCUT2D eigenvalue weighted by Gasteiger charge is 2.28. The molecule has 8 nitrogen and oxygen atoms in total. The van der Waals surface area contributed by atoms with Crippen LogP contribution >= 0.6 is 0 Å². The van der Waals surface area contributed by atoms with Crippen LogP contribution in [0.3, 0.4) is 0 Å². The smallest absolute Gasteiger partial charge is 0.276 e. The van der Waals surface area contributed by atoms with Crippen LogP contribution in [0.5, 0.6) is 5.88 Å². The van der Waals surface area contributed by atoms with Crippen molar-refractivity contribution in [2.24, 2.45) is 0 Å². The maximum atomic E-state index is 12.7. The molecule has 1 fully saturated rings. The Kier molecular flexibility index (Phi) is 4.16. The van der Waals surface area contributed by atoms with Gasteiger partial charge in [-0.1, -0.05) is 5.16 Å². The minimum absolute atomic E-state index is 0.120. The highest BCUT2D eigenvalue weighted by Crippen LogP contribution is 2.22. The minimum atomic E-state index is -0.186. The average molecular weight is 340 g/mol. The Hall–Kier alpha value is -3.16. The van der Waals surface area contributed by atoms with Crippen LogP contribution in [0, 0.1) is 0 Å². The molecule has 0 aromatic carbocycles. The third-order valence-corrected chi connectivity index (χ3v) is 3.99. The Morgan fingerprint density at radius 1 is 1.32 bits per heavy atom. The van der Waals surface area contributed by atoms with Crippen LogP contribution in [0.1, 0.15) is 23.3 Å². The first-order valence-electron chi connectivity index (χ1n) is 8.02. The zero-order valence-corrected chi connectivity index (χ0v) is 13.4. The summed E-state index contributed by atoms with van der Waals surface area (Å²) in [4.78, 5) is 22.5. The van der Waals surface area contributed by atoms with E-state index in [0.717, 1.165) is 12.8 Å². The quantitative estimate of drug-likeness (QED) is 0.719. The van der Waals surface area contributed by atoms with Crippen LogP contribution < -0.4 is 4.74 Å². The van der Waals surface area contributed by atoms with Crippen LogP contribution in [-0.2, 0) is 0 Å². The van der Waals surface area contributed by atoms with Crippen molar-refractivity contribution in [1.29, 1.82) is 0 Å². The second kappa shape index (κ2) is 6.76. The number of likely N-dealkylation sites (tertiary alicyclic amines) is 1. The molecule has 1 amide bonds. The maximum Gasteiger partial charge on any atom is 0.276 e. The number of ether oxygens (including phenoxy) is 1. The van der Waals surface area contributed by atoms with Gasteiger partial charge in [0.1, 0.15) is 6.10 Å². The molecular weight excluding hydrogens is 324 g/mol. The first kappa shape index (κ1) is 15.4. The molecule has 4 heterocycles. The Balaban J connectivity index is 1.43. The van der Waals surface area contributed by atoms with E-state index in [1.54, 1.807) is 48.0 Å². The summed E-state index contributed by atoms with van der Waals surface area (Å²) in [5, 5.41) is 3.87. The summed E-state index contributed by atoms with van der Waals surface area (Å²) in [5.41, 5.74) is 0.256. The van der Waals surface area contributed by atoms with E-state index < -0.39 is 0 Å². The first-order chi connectivity index (χ1) is 12.3. The molecule has 0 saturated carbocycles. The molecule has 0 bridgehead atoms. The lowest BCUT2D eigenvalue weighted by molar-refractivity contribution is 0.0518. The topological polar surface area (TPSA) is 94.5 Å². The lowest BCUT2D eigenvalue weighted by Crippen LogP contribution is -2.44. The number of hydrogen-bond donors (Lipinski definition) is 0. The van der Waals surface area contributed by atoms with Gasteiger partial charge in [0.25, 0.3) is 5.91 Å². The van der Waals surface area contributed by atoms with E-state index in [1.165, 1.54) is 0 Å². The van der Waals surface area contributed by atoms with E-state index in [1.807, 2.05) is 0 Å². The van der Waals surface area contributed by atoms with Crippen LogP contribution in [0.25, 0.3) is 11.5 Å². The van der Waals surface area contributed by atoms with Crippen LogP contribution in [-0.4, -0.2) is 45.1 Å². The summed E-state index contributed by atoms with van der Waals surface area (Å²) in [5.74, 6) is 1.24. The molecule has 1 aliphatic rings. The van der Waals surface area contributed by atoms with Gasteiger partial charge in [0.2, 0.25) is 11.6 Å². The number of nitrogens with zero attached hydrogens (tertiary/aromatic N) is 4. The van der Waals surface area contributed by atoms with Crippen molar-refractivity contribution in [3.05, 3.63) is 48.7 Å². The molecule has 128 valence electrons. The van der Waals surface area contributed by atoms with E-state index in [2.05, 4.69) is 15.1 Å². The van der Waals surface area contributed by atoms with Crippen LogP contribution in [0.15, 0.2) is 52.0 Å². The molecule has 1 atom stereocenters. The van der Waals surface area contributed by atoms with E-state index in [-0.39, 0.29) is 17.7 Å². The van der Waals surface area contributed by atoms with Gasteiger partial charge in [-0.25, -0.2) is 4.98 Å². The number of aromatic nitrogens is 3. The first-order valence-corrected chi connectivity index (χ1v) is 8.02. The van der Waals surface area contributed by atoms with Gasteiger partial charge in [0, 0.05) is 25.0 Å². The summed E-state index contributed by atoms with van der Waals surface area (Å²) in [6, 6.07) is 5.09. The van der Waals surface area contributed by atoms with Gasteiger partial charge >= 0.3 is 0 Å². The van der Waals surface area contributed by atoms with Crippen molar-refractivity contribution in [3.63, 3.8) is 0 Å². The molecule has 0 N–H and O–H groups in total. The second-order valence-electron chi connectivity index (χ2n) is 5.73. The van der Waals surface area contributed by atoms with Crippen molar-refractivity contribution < 1.29 is 18.5 Å². The van der Waals surface area contributed by atoms with Gasteiger partial charge in [-0.2, -0.15) is 0 Å². The highest BCUT2D eigenvalue weighted by molar-refractivity contribution is 5.93. The van der Waals surface area contributed by atoms with Crippen molar-refractivity contribution in [2.45, 2.75) is 18.9 Å². The molecule has 3 aromatic rings. The van der Waals surface area contributed by atoms with Crippen LogP contribution in [0.2, 0.25) is 0 Å². The molecule has 8 heteroatoms. The molecule has 25 heavy (non-hydrogen) atoms. The SMILES string of the molecule is O=C(c1cc(-c2ccco2)on1)N1CCCC(Oc2cnccn2)C1. The number of piperidine rings is 1. The van der Waals surface area contributed by atoms with Crippen molar-refractivity contribution in [2.75, 3.05) is 13.1 Å². The molecule has 0 aliphatic carbocycles. The molecule has 1 saturated heterocycles. The van der Waals surface area contributed by atoms with Crippen molar-refractivity contribution in [3.8, 4) is 17.4 Å². The fraction of sp³-hybridized carbons (Fsp3) is 0.294. The van der Waals surface area contributed by atoms with Gasteiger partial charge in [-0.05, 0) is 25.0 Å². The molecule has 4 rings (SSSR count). The second-order valence-corrected chi connectivity index (χ2v) is 5.73. The number of hydrogen-bond acceptors (Lipinski definition) is 7. The van der Waals surface area contributed by atoms with Crippen molar-refractivity contribution >= 4 is 5.91 Å². The average Bonchev–Trinajstić information content (AvgIpc) is 3.34. The minimum Gasteiger partial charge on any atom is -0.471 e. The molecular formula is C17H16N4O4. The summed E-state index contributed by atoms with van der Waals surface area (Å²) >= 11 is 0. The highest BCUT2D eigenvalue weighted by atomic mass is 16.5. The Bertz CT molecular complexity index is 831. The number of carbonyl (C=O) groups is 1. The Morgan fingerprint density at radius 2 is 2.28 bits per heavy atom. The lowest BCUT2D eigenvalue weighted by Gasteiger charge is -2.31. The van der Waals surface area contributed by atoms with Crippen LogP contribution in [0.4, 0.5) is 0 Å². The fourth-order valence-corrected chi connectivity index (χ4v) is 2.81. The molecule has 3 aromatic heterocycles. The largest absolute Gasteiger partial charge is 0.471 e. The van der Waals surface area contributed by atoms with Gasteiger partial charge in [-0.15, -0.1) is 0 Å². The lowest BCUT2D eigenvalue weighted by atomic mass is 10.1. The summed E-state index contributed by atoms with van der Waals surface area (Å²) in [6.07, 6.45) is 7.85. The van der Waals surface area contributed by atoms with Gasteiger partial charge < -0.3 is 18.6 Å². The molecule has 1 unspecified atom stereocenters. The number of carbonyl (C=O) groups excluding carboxylic acids is 1. The van der Waals surface area contributed by atoms with E-state index in [9.17, 15) is 4.79 Å². The number of rotatable bonds is 4.